The molecule has 2 heterocycles. The van der Waals surface area contributed by atoms with Crippen LogP contribution in [0.4, 0.5) is 4.39 Å². The first-order valence-corrected chi connectivity index (χ1v) is 7.70. The highest BCUT2D eigenvalue weighted by molar-refractivity contribution is 9.09. The molecule has 1 aromatic rings. The first-order valence-electron chi connectivity index (χ1n) is 6.79. The van der Waals surface area contributed by atoms with Crippen LogP contribution in [0.1, 0.15) is 41.6 Å². The maximum absolute atomic E-state index is 13.4. The first-order chi connectivity index (χ1) is 9.06. The topological polar surface area (TPSA) is 20.3 Å². The number of amides is 1. The summed E-state index contributed by atoms with van der Waals surface area (Å²) in [6, 6.07) is 5.10. The van der Waals surface area contributed by atoms with E-state index in [0.29, 0.717) is 22.5 Å². The molecule has 4 heteroatoms. The normalized spacial score (nSPS) is 29.6. The van der Waals surface area contributed by atoms with Gasteiger partial charge in [0.2, 0.25) is 0 Å². The molecule has 2 aliphatic heterocycles. The van der Waals surface area contributed by atoms with Gasteiger partial charge in [-0.3, -0.25) is 4.79 Å². The third-order valence-corrected chi connectivity index (χ3v) is 5.09. The minimum atomic E-state index is -0.336. The van der Waals surface area contributed by atoms with E-state index in [1.165, 1.54) is 12.1 Å². The fraction of sp³-hybridized carbons (Fsp3) is 0.533. The molecule has 0 N–H and O–H groups in total. The minimum Gasteiger partial charge on any atom is -0.333 e. The molecule has 2 aliphatic rings. The third-order valence-electron chi connectivity index (χ3n) is 4.34. The van der Waals surface area contributed by atoms with Gasteiger partial charge >= 0.3 is 0 Å². The summed E-state index contributed by atoms with van der Waals surface area (Å²) in [4.78, 5) is 15.2. The Bertz CT molecular complexity index is 505. The van der Waals surface area contributed by atoms with Crippen molar-refractivity contribution >= 4 is 21.8 Å². The van der Waals surface area contributed by atoms with Crippen molar-refractivity contribution in [1.82, 2.24) is 4.90 Å². The molecule has 2 bridgehead atoms. The highest BCUT2D eigenvalue weighted by Crippen LogP contribution is 2.39. The average molecular weight is 326 g/mol. The molecule has 0 radical (unpaired) electrons. The Morgan fingerprint density at radius 2 is 1.95 bits per heavy atom. The van der Waals surface area contributed by atoms with Crippen LogP contribution in [-0.4, -0.2) is 27.7 Å². The summed E-state index contributed by atoms with van der Waals surface area (Å²) >= 11 is 3.67. The van der Waals surface area contributed by atoms with Gasteiger partial charge in [0, 0.05) is 22.5 Å². The van der Waals surface area contributed by atoms with E-state index < -0.39 is 0 Å². The van der Waals surface area contributed by atoms with Crippen molar-refractivity contribution in [3.63, 3.8) is 0 Å². The first kappa shape index (κ1) is 13.1. The van der Waals surface area contributed by atoms with Crippen LogP contribution in [0.25, 0.3) is 0 Å². The Morgan fingerprint density at radius 1 is 1.32 bits per heavy atom. The van der Waals surface area contributed by atoms with E-state index in [1.54, 1.807) is 6.07 Å². The Balaban J connectivity index is 1.90. The average Bonchev–Trinajstić information content (AvgIpc) is 2.64. The van der Waals surface area contributed by atoms with Crippen LogP contribution >= 0.6 is 15.9 Å². The number of nitrogens with zero attached hydrogens (tertiary/aromatic N) is 1. The SMILES string of the molecule is Cc1ccc(F)cc1C(=O)N1C2CCC1CC(Br)C2. The number of rotatable bonds is 1. The van der Waals surface area contributed by atoms with Gasteiger partial charge in [-0.15, -0.1) is 0 Å². The van der Waals surface area contributed by atoms with E-state index in [2.05, 4.69) is 15.9 Å². The summed E-state index contributed by atoms with van der Waals surface area (Å²) in [5.74, 6) is -0.333. The van der Waals surface area contributed by atoms with Gasteiger partial charge in [-0.05, 0) is 50.3 Å². The van der Waals surface area contributed by atoms with Crippen LogP contribution in [0.5, 0.6) is 0 Å². The molecule has 2 atom stereocenters. The fourth-order valence-electron chi connectivity index (χ4n) is 3.41. The lowest BCUT2D eigenvalue weighted by Crippen LogP contribution is -2.47. The lowest BCUT2D eigenvalue weighted by atomic mass is 9.99. The second-order valence-electron chi connectivity index (χ2n) is 5.63. The van der Waals surface area contributed by atoms with Gasteiger partial charge in [-0.2, -0.15) is 0 Å². The second kappa shape index (κ2) is 4.89. The molecular weight excluding hydrogens is 309 g/mol. The number of fused-ring (bicyclic) bond motifs is 2. The zero-order chi connectivity index (χ0) is 13.6. The van der Waals surface area contributed by atoms with Crippen molar-refractivity contribution in [3.8, 4) is 0 Å². The molecular formula is C15H17BrFNO. The van der Waals surface area contributed by atoms with Crippen LogP contribution < -0.4 is 0 Å². The largest absolute Gasteiger partial charge is 0.333 e. The molecule has 2 saturated heterocycles. The smallest absolute Gasteiger partial charge is 0.254 e. The molecule has 19 heavy (non-hydrogen) atoms. The summed E-state index contributed by atoms with van der Waals surface area (Å²) in [7, 11) is 0. The van der Waals surface area contributed by atoms with E-state index in [9.17, 15) is 9.18 Å². The number of carbonyl (C=O) groups is 1. The lowest BCUT2D eigenvalue weighted by molar-refractivity contribution is 0.0602. The summed E-state index contributed by atoms with van der Waals surface area (Å²) in [5, 5.41) is 0. The molecule has 2 nitrogen and oxygen atoms in total. The second-order valence-corrected chi connectivity index (χ2v) is 6.92. The van der Waals surface area contributed by atoms with E-state index in [-0.39, 0.29) is 11.7 Å². The number of alkyl halides is 1. The summed E-state index contributed by atoms with van der Waals surface area (Å²) < 4.78 is 13.4. The number of halogens is 2. The molecule has 0 aromatic heterocycles. The summed E-state index contributed by atoms with van der Waals surface area (Å²) in [6.45, 7) is 1.87. The van der Waals surface area contributed by atoms with Crippen LogP contribution in [0.2, 0.25) is 0 Å². The maximum atomic E-state index is 13.4. The third kappa shape index (κ3) is 2.31. The predicted octanol–water partition coefficient (Wildman–Crippen LogP) is 3.66. The molecule has 1 amide bonds. The zero-order valence-electron chi connectivity index (χ0n) is 10.9. The number of hydrogen-bond donors (Lipinski definition) is 0. The fourth-order valence-corrected chi connectivity index (χ4v) is 4.27. The van der Waals surface area contributed by atoms with Crippen molar-refractivity contribution < 1.29 is 9.18 Å². The van der Waals surface area contributed by atoms with E-state index >= 15 is 0 Å². The summed E-state index contributed by atoms with van der Waals surface area (Å²) in [5.41, 5.74) is 1.37. The standard InChI is InChI=1S/C15H17BrFNO/c1-9-2-3-11(17)8-14(9)15(19)18-12-4-5-13(18)7-10(16)6-12/h2-3,8,10,12-13H,4-7H2,1H3. The van der Waals surface area contributed by atoms with Crippen LogP contribution in [0, 0.1) is 12.7 Å². The van der Waals surface area contributed by atoms with Crippen LogP contribution in [0.15, 0.2) is 18.2 Å². The predicted molar refractivity (Wildman–Crippen MR) is 76.1 cm³/mol. The number of carbonyl (C=O) groups excluding carboxylic acids is 1. The molecule has 0 spiro atoms. The number of piperidine rings is 1. The van der Waals surface area contributed by atoms with Crippen molar-refractivity contribution in [1.29, 1.82) is 0 Å². The van der Waals surface area contributed by atoms with Crippen molar-refractivity contribution in [2.75, 3.05) is 0 Å². The Kier molecular flexibility index (Phi) is 3.37. The van der Waals surface area contributed by atoms with Crippen LogP contribution in [0.3, 0.4) is 0 Å². The Morgan fingerprint density at radius 3 is 2.58 bits per heavy atom. The van der Waals surface area contributed by atoms with Gasteiger partial charge in [-0.1, -0.05) is 22.0 Å². The minimum absolute atomic E-state index is 0.00361. The molecule has 3 rings (SSSR count). The molecule has 2 fully saturated rings. The summed E-state index contributed by atoms with van der Waals surface area (Å²) in [6.07, 6.45) is 4.17. The highest BCUT2D eigenvalue weighted by Gasteiger charge is 2.42. The molecule has 0 saturated carbocycles. The molecule has 102 valence electrons. The maximum Gasteiger partial charge on any atom is 0.254 e. The number of hydrogen-bond acceptors (Lipinski definition) is 1. The van der Waals surface area contributed by atoms with E-state index in [1.807, 2.05) is 11.8 Å². The Hall–Kier alpha value is -0.900. The molecule has 2 unspecified atom stereocenters. The lowest BCUT2D eigenvalue weighted by Gasteiger charge is -2.37. The van der Waals surface area contributed by atoms with Gasteiger partial charge in [0.25, 0.3) is 5.91 Å². The quantitative estimate of drug-likeness (QED) is 0.721. The van der Waals surface area contributed by atoms with Gasteiger partial charge in [0.15, 0.2) is 0 Å². The molecule has 1 aromatic carbocycles. The van der Waals surface area contributed by atoms with Gasteiger partial charge in [0.05, 0.1) is 0 Å². The Labute approximate surface area is 121 Å². The van der Waals surface area contributed by atoms with Gasteiger partial charge < -0.3 is 4.90 Å². The van der Waals surface area contributed by atoms with Gasteiger partial charge in [0.1, 0.15) is 5.82 Å². The van der Waals surface area contributed by atoms with Gasteiger partial charge in [-0.25, -0.2) is 4.39 Å². The van der Waals surface area contributed by atoms with Crippen molar-refractivity contribution in [2.24, 2.45) is 0 Å². The van der Waals surface area contributed by atoms with Crippen molar-refractivity contribution in [3.05, 3.63) is 35.1 Å². The monoisotopic (exact) mass is 325 g/mol. The number of benzene rings is 1. The highest BCUT2D eigenvalue weighted by atomic mass is 79.9. The van der Waals surface area contributed by atoms with E-state index in [0.717, 1.165) is 31.2 Å². The van der Waals surface area contributed by atoms with E-state index in [4.69, 9.17) is 0 Å². The van der Waals surface area contributed by atoms with Crippen molar-refractivity contribution in [2.45, 2.75) is 49.5 Å². The zero-order valence-corrected chi connectivity index (χ0v) is 12.5. The van der Waals surface area contributed by atoms with Crippen LogP contribution in [-0.2, 0) is 0 Å². The number of aryl methyl sites for hydroxylation is 1. The molecule has 0 aliphatic carbocycles.